The van der Waals surface area contributed by atoms with E-state index in [1.165, 1.54) is 11.1 Å². The highest BCUT2D eigenvalue weighted by Gasteiger charge is 2.04. The summed E-state index contributed by atoms with van der Waals surface area (Å²) in [5.74, 6) is 0. The predicted octanol–water partition coefficient (Wildman–Crippen LogP) is 3.19. The SMILES string of the molecule is CN(Cc1ccccc1)C(=S)NCc1ccccc1. The Bertz CT molecular complexity index is 511. The van der Waals surface area contributed by atoms with Gasteiger partial charge in [-0.25, -0.2) is 0 Å². The molecule has 0 aromatic heterocycles. The average Bonchev–Trinajstić information content (AvgIpc) is 2.47. The maximum atomic E-state index is 5.39. The third-order valence-corrected chi connectivity index (χ3v) is 3.35. The molecule has 2 aromatic carbocycles. The van der Waals surface area contributed by atoms with Crippen LogP contribution in [0.25, 0.3) is 0 Å². The van der Waals surface area contributed by atoms with Crippen molar-refractivity contribution in [2.24, 2.45) is 0 Å². The summed E-state index contributed by atoms with van der Waals surface area (Å²) in [4.78, 5) is 2.05. The monoisotopic (exact) mass is 270 g/mol. The van der Waals surface area contributed by atoms with Crippen LogP contribution in [0.3, 0.4) is 0 Å². The molecular weight excluding hydrogens is 252 g/mol. The lowest BCUT2D eigenvalue weighted by molar-refractivity contribution is 0.489. The van der Waals surface area contributed by atoms with Crippen molar-refractivity contribution in [2.45, 2.75) is 13.1 Å². The van der Waals surface area contributed by atoms with E-state index in [4.69, 9.17) is 12.2 Å². The van der Waals surface area contributed by atoms with Crippen molar-refractivity contribution in [3.8, 4) is 0 Å². The van der Waals surface area contributed by atoms with E-state index in [2.05, 4.69) is 29.6 Å². The Morgan fingerprint density at radius 2 is 1.47 bits per heavy atom. The fourth-order valence-corrected chi connectivity index (χ4v) is 1.97. The molecule has 0 fully saturated rings. The summed E-state index contributed by atoms with van der Waals surface area (Å²) < 4.78 is 0. The molecule has 2 nitrogen and oxygen atoms in total. The van der Waals surface area contributed by atoms with Crippen molar-refractivity contribution < 1.29 is 0 Å². The second-order valence-corrected chi connectivity index (χ2v) is 4.87. The third-order valence-electron chi connectivity index (χ3n) is 2.90. The van der Waals surface area contributed by atoms with Crippen LogP contribution in [0.4, 0.5) is 0 Å². The first-order chi connectivity index (χ1) is 9.25. The highest BCUT2D eigenvalue weighted by Crippen LogP contribution is 2.03. The number of hydrogen-bond acceptors (Lipinski definition) is 1. The standard InChI is InChI=1S/C16H18N2S/c1-18(13-15-10-6-3-7-11-15)16(19)17-12-14-8-4-2-5-9-14/h2-11H,12-13H2,1H3,(H,17,19). The summed E-state index contributed by atoms with van der Waals surface area (Å²) in [5, 5.41) is 4.05. The molecule has 0 saturated heterocycles. The molecule has 0 radical (unpaired) electrons. The van der Waals surface area contributed by atoms with Crippen LogP contribution >= 0.6 is 12.2 Å². The lowest BCUT2D eigenvalue weighted by Gasteiger charge is -2.21. The molecule has 0 aliphatic heterocycles. The van der Waals surface area contributed by atoms with Gasteiger partial charge in [0.05, 0.1) is 0 Å². The zero-order chi connectivity index (χ0) is 13.5. The van der Waals surface area contributed by atoms with Crippen LogP contribution in [0.1, 0.15) is 11.1 Å². The van der Waals surface area contributed by atoms with Crippen LogP contribution in [-0.4, -0.2) is 17.1 Å². The van der Waals surface area contributed by atoms with Crippen LogP contribution in [0.2, 0.25) is 0 Å². The molecule has 0 bridgehead atoms. The smallest absolute Gasteiger partial charge is 0.169 e. The number of thiocarbonyl (C=S) groups is 1. The zero-order valence-corrected chi connectivity index (χ0v) is 11.9. The van der Waals surface area contributed by atoms with Crippen LogP contribution in [-0.2, 0) is 13.1 Å². The minimum Gasteiger partial charge on any atom is -0.358 e. The first kappa shape index (κ1) is 13.6. The lowest BCUT2D eigenvalue weighted by Crippen LogP contribution is -2.36. The summed E-state index contributed by atoms with van der Waals surface area (Å²) >= 11 is 5.39. The Hall–Kier alpha value is -1.87. The first-order valence-corrected chi connectivity index (χ1v) is 6.73. The normalized spacial score (nSPS) is 9.95. The van der Waals surface area contributed by atoms with Gasteiger partial charge in [-0.05, 0) is 23.3 Å². The molecule has 0 aliphatic rings. The average molecular weight is 270 g/mol. The summed E-state index contributed by atoms with van der Waals surface area (Å²) in [6.07, 6.45) is 0. The molecule has 1 N–H and O–H groups in total. The molecule has 2 rings (SSSR count). The molecule has 2 aromatic rings. The Kier molecular flexibility index (Phi) is 4.93. The number of rotatable bonds is 4. The highest BCUT2D eigenvalue weighted by atomic mass is 32.1. The van der Waals surface area contributed by atoms with Crippen molar-refractivity contribution in [3.63, 3.8) is 0 Å². The van der Waals surface area contributed by atoms with Crippen LogP contribution in [0.15, 0.2) is 60.7 Å². The third kappa shape index (κ3) is 4.38. The van der Waals surface area contributed by atoms with Crippen LogP contribution in [0.5, 0.6) is 0 Å². The van der Waals surface area contributed by atoms with E-state index in [0.29, 0.717) is 0 Å². The van der Waals surface area contributed by atoms with Gasteiger partial charge in [0.25, 0.3) is 0 Å². The number of hydrogen-bond donors (Lipinski definition) is 1. The molecule has 19 heavy (non-hydrogen) atoms. The van der Waals surface area contributed by atoms with Gasteiger partial charge in [0.1, 0.15) is 0 Å². The largest absolute Gasteiger partial charge is 0.358 e. The number of nitrogens with zero attached hydrogens (tertiary/aromatic N) is 1. The minimum atomic E-state index is 0.763. The number of benzene rings is 2. The van der Waals surface area contributed by atoms with E-state index in [0.717, 1.165) is 18.2 Å². The molecule has 0 atom stereocenters. The zero-order valence-electron chi connectivity index (χ0n) is 11.0. The van der Waals surface area contributed by atoms with Gasteiger partial charge in [0, 0.05) is 20.1 Å². The van der Waals surface area contributed by atoms with E-state index in [1.54, 1.807) is 0 Å². The Morgan fingerprint density at radius 3 is 2.05 bits per heavy atom. The van der Waals surface area contributed by atoms with Gasteiger partial charge in [0.15, 0.2) is 5.11 Å². The quantitative estimate of drug-likeness (QED) is 0.859. The fourth-order valence-electron chi connectivity index (χ4n) is 1.84. The van der Waals surface area contributed by atoms with Gasteiger partial charge >= 0.3 is 0 Å². The molecule has 0 spiro atoms. The van der Waals surface area contributed by atoms with Crippen LogP contribution in [0, 0.1) is 0 Å². The maximum Gasteiger partial charge on any atom is 0.169 e. The number of nitrogens with one attached hydrogen (secondary N) is 1. The van der Waals surface area contributed by atoms with E-state index < -0.39 is 0 Å². The maximum absolute atomic E-state index is 5.39. The molecule has 3 heteroatoms. The van der Waals surface area contributed by atoms with E-state index in [9.17, 15) is 0 Å². The van der Waals surface area contributed by atoms with Gasteiger partial charge in [-0.15, -0.1) is 0 Å². The molecule has 0 saturated carbocycles. The Balaban J connectivity index is 1.83. The second-order valence-electron chi connectivity index (χ2n) is 4.49. The molecular formula is C16H18N2S. The predicted molar refractivity (Wildman–Crippen MR) is 83.8 cm³/mol. The van der Waals surface area contributed by atoms with Gasteiger partial charge < -0.3 is 10.2 Å². The van der Waals surface area contributed by atoms with Crippen molar-refractivity contribution in [2.75, 3.05) is 7.05 Å². The summed E-state index contributed by atoms with van der Waals surface area (Å²) in [7, 11) is 2.01. The minimum absolute atomic E-state index is 0.763. The van der Waals surface area contributed by atoms with Crippen molar-refractivity contribution in [1.29, 1.82) is 0 Å². The highest BCUT2D eigenvalue weighted by molar-refractivity contribution is 7.80. The van der Waals surface area contributed by atoms with E-state index in [1.807, 2.05) is 48.3 Å². The van der Waals surface area contributed by atoms with Crippen molar-refractivity contribution in [1.82, 2.24) is 10.2 Å². The molecule has 0 unspecified atom stereocenters. The summed E-state index contributed by atoms with van der Waals surface area (Å²) in [6, 6.07) is 20.6. The van der Waals surface area contributed by atoms with Crippen molar-refractivity contribution in [3.05, 3.63) is 71.8 Å². The molecule has 0 heterocycles. The summed E-state index contributed by atoms with van der Waals surface area (Å²) in [5.41, 5.74) is 2.49. The molecule has 0 aliphatic carbocycles. The van der Waals surface area contributed by atoms with Gasteiger partial charge in [-0.1, -0.05) is 60.7 Å². The van der Waals surface area contributed by atoms with Gasteiger partial charge in [-0.3, -0.25) is 0 Å². The molecule has 0 amide bonds. The fraction of sp³-hybridized carbons (Fsp3) is 0.188. The van der Waals surface area contributed by atoms with Crippen LogP contribution < -0.4 is 5.32 Å². The second kappa shape index (κ2) is 6.90. The van der Waals surface area contributed by atoms with Gasteiger partial charge in [0.2, 0.25) is 0 Å². The Morgan fingerprint density at radius 1 is 0.947 bits per heavy atom. The van der Waals surface area contributed by atoms with E-state index >= 15 is 0 Å². The molecule has 98 valence electrons. The lowest BCUT2D eigenvalue weighted by atomic mass is 10.2. The topological polar surface area (TPSA) is 15.3 Å². The van der Waals surface area contributed by atoms with Crippen molar-refractivity contribution >= 4 is 17.3 Å². The van der Waals surface area contributed by atoms with Gasteiger partial charge in [-0.2, -0.15) is 0 Å². The van der Waals surface area contributed by atoms with E-state index in [-0.39, 0.29) is 0 Å². The Labute approximate surface area is 120 Å². The summed E-state index contributed by atoms with van der Waals surface area (Å²) in [6.45, 7) is 1.58. The first-order valence-electron chi connectivity index (χ1n) is 6.32.